The van der Waals surface area contributed by atoms with Gasteiger partial charge in [0, 0.05) is 13.0 Å². The molecule has 0 unspecified atom stereocenters. The van der Waals surface area contributed by atoms with Crippen molar-refractivity contribution in [1.29, 1.82) is 0 Å². The van der Waals surface area contributed by atoms with Gasteiger partial charge in [-0.2, -0.15) is 0 Å². The molecule has 0 bridgehead atoms. The number of Topliss-reactive ketones (excluding diaryl/α,β-unsaturated/α-hetero) is 1. The lowest BCUT2D eigenvalue weighted by Crippen LogP contribution is -2.29. The van der Waals surface area contributed by atoms with Crippen LogP contribution in [0.3, 0.4) is 0 Å². The average molecular weight is 245 g/mol. The van der Waals surface area contributed by atoms with Crippen LogP contribution in [0.25, 0.3) is 0 Å². The van der Waals surface area contributed by atoms with E-state index in [4.69, 9.17) is 4.74 Å². The van der Waals surface area contributed by atoms with Crippen molar-refractivity contribution in [1.82, 2.24) is 4.90 Å². The van der Waals surface area contributed by atoms with Crippen molar-refractivity contribution >= 4 is 5.78 Å². The topological polar surface area (TPSA) is 29.5 Å². The monoisotopic (exact) mass is 245 g/mol. The Hall–Kier alpha value is -1.35. The van der Waals surface area contributed by atoms with Crippen molar-refractivity contribution in [3.05, 3.63) is 29.3 Å². The summed E-state index contributed by atoms with van der Waals surface area (Å²) < 4.78 is 5.50. The van der Waals surface area contributed by atoms with Crippen molar-refractivity contribution < 1.29 is 9.53 Å². The lowest BCUT2D eigenvalue weighted by Gasteiger charge is -2.27. The van der Waals surface area contributed by atoms with Crippen LogP contribution in [0.15, 0.2) is 18.2 Å². The summed E-state index contributed by atoms with van der Waals surface area (Å²) in [6, 6.07) is 6.06. The molecule has 1 aromatic rings. The van der Waals surface area contributed by atoms with Crippen LogP contribution in [0.2, 0.25) is 0 Å². The molecule has 18 heavy (non-hydrogen) atoms. The number of nitrogens with zero attached hydrogens (tertiary/aromatic N) is 1. The maximum absolute atomic E-state index is 11.8. The van der Waals surface area contributed by atoms with Gasteiger partial charge in [-0.15, -0.1) is 0 Å². The van der Waals surface area contributed by atoms with Crippen molar-refractivity contribution in [2.24, 2.45) is 0 Å². The molecule has 3 heteroatoms. The minimum Gasteiger partial charge on any atom is -0.492 e. The van der Waals surface area contributed by atoms with Crippen molar-refractivity contribution in [2.75, 3.05) is 19.7 Å². The maximum atomic E-state index is 11.8. The first kappa shape index (κ1) is 11.7. The summed E-state index contributed by atoms with van der Waals surface area (Å²) in [7, 11) is 0. The zero-order chi connectivity index (χ0) is 12.4. The number of carbonyl (C=O) groups is 1. The highest BCUT2D eigenvalue weighted by atomic mass is 16.5. The van der Waals surface area contributed by atoms with Crippen molar-refractivity contribution in [3.63, 3.8) is 0 Å². The van der Waals surface area contributed by atoms with Crippen LogP contribution in [0.1, 0.15) is 41.6 Å². The van der Waals surface area contributed by atoms with Crippen LogP contribution >= 0.6 is 0 Å². The second kappa shape index (κ2) is 5.11. The fourth-order valence-corrected chi connectivity index (χ4v) is 2.78. The zero-order valence-electron chi connectivity index (χ0n) is 10.7. The molecule has 0 N–H and O–H groups in total. The van der Waals surface area contributed by atoms with Gasteiger partial charge in [0.1, 0.15) is 5.75 Å². The first-order chi connectivity index (χ1) is 8.83. The Morgan fingerprint density at radius 1 is 1.17 bits per heavy atom. The molecule has 0 saturated carbocycles. The molecule has 0 spiro atoms. The number of piperidine rings is 1. The third-order valence-electron chi connectivity index (χ3n) is 3.79. The Morgan fingerprint density at radius 3 is 2.83 bits per heavy atom. The van der Waals surface area contributed by atoms with E-state index in [0.717, 1.165) is 17.9 Å². The molecule has 1 aromatic carbocycles. The number of rotatable bonds is 2. The number of hydrogen-bond donors (Lipinski definition) is 0. The summed E-state index contributed by atoms with van der Waals surface area (Å²) in [5.74, 6) is 0.977. The Balaban J connectivity index is 1.76. The average Bonchev–Trinajstić information content (AvgIpc) is 2.41. The number of ether oxygens (including phenoxy) is 1. The normalized spacial score (nSPS) is 20.3. The van der Waals surface area contributed by atoms with Crippen molar-refractivity contribution in [2.45, 2.75) is 32.2 Å². The van der Waals surface area contributed by atoms with E-state index in [1.54, 1.807) is 0 Å². The molecular weight excluding hydrogens is 226 g/mol. The van der Waals surface area contributed by atoms with Crippen LogP contribution < -0.4 is 4.74 Å². The van der Waals surface area contributed by atoms with Gasteiger partial charge in [0.15, 0.2) is 5.78 Å². The number of hydrogen-bond acceptors (Lipinski definition) is 3. The molecule has 1 fully saturated rings. The van der Waals surface area contributed by atoms with Gasteiger partial charge in [0.05, 0.1) is 12.2 Å². The van der Waals surface area contributed by atoms with E-state index in [-0.39, 0.29) is 5.78 Å². The summed E-state index contributed by atoms with van der Waals surface area (Å²) in [5.41, 5.74) is 2.00. The molecule has 3 nitrogen and oxygen atoms in total. The smallest absolute Gasteiger partial charge is 0.170 e. The van der Waals surface area contributed by atoms with Crippen LogP contribution in [0, 0.1) is 0 Å². The fraction of sp³-hybridized carbons (Fsp3) is 0.533. The van der Waals surface area contributed by atoms with Gasteiger partial charge in [0.2, 0.25) is 0 Å². The third kappa shape index (κ3) is 2.41. The quantitative estimate of drug-likeness (QED) is 0.802. The van der Waals surface area contributed by atoms with Crippen LogP contribution in [-0.2, 0) is 6.54 Å². The second-order valence-corrected chi connectivity index (χ2v) is 5.19. The molecule has 0 aromatic heterocycles. The van der Waals surface area contributed by atoms with Gasteiger partial charge in [-0.05, 0) is 43.6 Å². The molecule has 1 saturated heterocycles. The van der Waals surface area contributed by atoms with Crippen LogP contribution in [0.4, 0.5) is 0 Å². The minimum absolute atomic E-state index is 0.219. The summed E-state index contributed by atoms with van der Waals surface area (Å²) in [6.45, 7) is 3.85. The fourth-order valence-electron chi connectivity index (χ4n) is 2.78. The first-order valence-electron chi connectivity index (χ1n) is 6.84. The van der Waals surface area contributed by atoms with E-state index in [2.05, 4.69) is 11.0 Å². The predicted molar refractivity (Wildman–Crippen MR) is 70.0 cm³/mol. The summed E-state index contributed by atoms with van der Waals surface area (Å²) in [6.07, 6.45) is 4.47. The van der Waals surface area contributed by atoms with E-state index in [1.165, 1.54) is 37.9 Å². The Kier molecular flexibility index (Phi) is 3.33. The molecule has 0 radical (unpaired) electrons. The lowest BCUT2D eigenvalue weighted by molar-refractivity contribution is 0.0933. The van der Waals surface area contributed by atoms with Crippen LogP contribution in [-0.4, -0.2) is 30.4 Å². The maximum Gasteiger partial charge on any atom is 0.170 e. The van der Waals surface area contributed by atoms with E-state index >= 15 is 0 Å². The molecule has 2 aliphatic rings. The molecule has 0 aliphatic carbocycles. The van der Waals surface area contributed by atoms with E-state index in [1.807, 2.05) is 12.1 Å². The zero-order valence-corrected chi connectivity index (χ0v) is 10.7. The highest BCUT2D eigenvalue weighted by Crippen LogP contribution is 2.26. The summed E-state index contributed by atoms with van der Waals surface area (Å²) >= 11 is 0. The molecule has 0 amide bonds. The van der Waals surface area contributed by atoms with Gasteiger partial charge in [-0.3, -0.25) is 9.69 Å². The van der Waals surface area contributed by atoms with E-state index < -0.39 is 0 Å². The third-order valence-corrected chi connectivity index (χ3v) is 3.79. The molecule has 0 atom stereocenters. The number of ketones is 1. The molecule has 2 aliphatic heterocycles. The van der Waals surface area contributed by atoms with E-state index in [9.17, 15) is 4.79 Å². The lowest BCUT2D eigenvalue weighted by atomic mass is 10.0. The van der Waals surface area contributed by atoms with Gasteiger partial charge in [-0.1, -0.05) is 12.5 Å². The first-order valence-corrected chi connectivity index (χ1v) is 6.84. The Bertz CT molecular complexity index is 450. The van der Waals surface area contributed by atoms with E-state index in [0.29, 0.717) is 13.0 Å². The number of benzene rings is 1. The van der Waals surface area contributed by atoms with Crippen LogP contribution in [0.5, 0.6) is 5.75 Å². The van der Waals surface area contributed by atoms with Gasteiger partial charge < -0.3 is 4.74 Å². The number of carbonyl (C=O) groups excluding carboxylic acids is 1. The molecular formula is C15H19NO2. The van der Waals surface area contributed by atoms with Gasteiger partial charge in [0.25, 0.3) is 0 Å². The molecule has 3 rings (SSSR count). The van der Waals surface area contributed by atoms with Crippen molar-refractivity contribution in [3.8, 4) is 5.75 Å². The SMILES string of the molecule is O=C1CCOc2ccc(CN3CCCCC3)cc21. The Morgan fingerprint density at radius 2 is 2.00 bits per heavy atom. The summed E-state index contributed by atoms with van der Waals surface area (Å²) in [4.78, 5) is 14.3. The van der Waals surface area contributed by atoms with Gasteiger partial charge >= 0.3 is 0 Å². The largest absolute Gasteiger partial charge is 0.492 e. The standard InChI is InChI=1S/C15H19NO2/c17-14-6-9-18-15-5-4-12(10-13(14)15)11-16-7-2-1-3-8-16/h4-5,10H,1-3,6-9,11H2. The molecule has 96 valence electrons. The van der Waals surface area contributed by atoms with Gasteiger partial charge in [-0.25, -0.2) is 0 Å². The highest BCUT2D eigenvalue weighted by Gasteiger charge is 2.19. The Labute approximate surface area is 108 Å². The predicted octanol–water partition coefficient (Wildman–Crippen LogP) is 2.64. The number of fused-ring (bicyclic) bond motifs is 1. The summed E-state index contributed by atoms with van der Waals surface area (Å²) in [5, 5.41) is 0. The minimum atomic E-state index is 0.219. The number of likely N-dealkylation sites (tertiary alicyclic amines) is 1. The second-order valence-electron chi connectivity index (χ2n) is 5.19. The molecule has 2 heterocycles. The highest BCUT2D eigenvalue weighted by molar-refractivity contribution is 5.99.